The molecule has 0 saturated heterocycles. The van der Waals surface area contributed by atoms with Gasteiger partial charge in [-0.15, -0.1) is 6.58 Å². The van der Waals surface area contributed by atoms with Crippen LogP contribution in [0.1, 0.15) is 13.3 Å². The second-order valence-corrected chi connectivity index (χ2v) is 3.08. The molecule has 0 aliphatic heterocycles. The van der Waals surface area contributed by atoms with Gasteiger partial charge in [0.15, 0.2) is 0 Å². The van der Waals surface area contributed by atoms with Gasteiger partial charge in [0, 0.05) is 11.7 Å². The number of hydrogen-bond acceptors (Lipinski definition) is 1. The summed E-state index contributed by atoms with van der Waals surface area (Å²) in [7, 11) is 0. The summed E-state index contributed by atoms with van der Waals surface area (Å²) in [6.07, 6.45) is 2.76. The highest BCUT2D eigenvalue weighted by Crippen LogP contribution is 2.10. The Hall–Kier alpha value is -1.31. The van der Waals surface area contributed by atoms with Gasteiger partial charge in [-0.1, -0.05) is 6.08 Å². The first-order valence-electron chi connectivity index (χ1n) is 4.35. The minimum absolute atomic E-state index is 0.207. The Morgan fingerprint density at radius 1 is 1.46 bits per heavy atom. The predicted molar refractivity (Wildman–Crippen MR) is 54.3 cm³/mol. The summed E-state index contributed by atoms with van der Waals surface area (Å²) < 4.78 is 12.5. The molecule has 0 bridgehead atoms. The van der Waals surface area contributed by atoms with Crippen molar-refractivity contribution in [2.24, 2.45) is 0 Å². The summed E-state index contributed by atoms with van der Waals surface area (Å²) in [5.74, 6) is -0.207. The van der Waals surface area contributed by atoms with Gasteiger partial charge in [-0.2, -0.15) is 0 Å². The molecule has 0 fully saturated rings. The van der Waals surface area contributed by atoms with Gasteiger partial charge in [-0.25, -0.2) is 4.39 Å². The van der Waals surface area contributed by atoms with Crippen LogP contribution in [-0.2, 0) is 0 Å². The lowest BCUT2D eigenvalue weighted by molar-refractivity contribution is 0.628. The lowest BCUT2D eigenvalue weighted by Crippen LogP contribution is -2.13. The third-order valence-electron chi connectivity index (χ3n) is 1.78. The molecule has 0 aliphatic rings. The Bertz CT molecular complexity index is 266. The molecule has 2 heteroatoms. The molecular formula is C11H14FN. The molecule has 0 saturated carbocycles. The van der Waals surface area contributed by atoms with Crippen molar-refractivity contribution in [2.75, 3.05) is 5.32 Å². The molecule has 0 radical (unpaired) electrons. The molecule has 0 heterocycles. The molecule has 1 N–H and O–H groups in total. The lowest BCUT2D eigenvalue weighted by atomic mass is 10.2. The molecule has 1 nitrogen and oxygen atoms in total. The van der Waals surface area contributed by atoms with E-state index >= 15 is 0 Å². The van der Waals surface area contributed by atoms with Gasteiger partial charge < -0.3 is 5.32 Å². The lowest BCUT2D eigenvalue weighted by Gasteiger charge is -2.12. The summed E-state index contributed by atoms with van der Waals surface area (Å²) in [4.78, 5) is 0. The van der Waals surface area contributed by atoms with E-state index in [1.165, 1.54) is 12.1 Å². The molecule has 1 aromatic rings. The Morgan fingerprint density at radius 2 is 2.08 bits per heavy atom. The Kier molecular flexibility index (Phi) is 3.50. The summed E-state index contributed by atoms with van der Waals surface area (Å²) in [6, 6.07) is 6.69. The van der Waals surface area contributed by atoms with Gasteiger partial charge in [0.1, 0.15) is 5.82 Å². The molecule has 13 heavy (non-hydrogen) atoms. The Morgan fingerprint density at radius 3 is 2.62 bits per heavy atom. The molecule has 0 aliphatic carbocycles. The minimum Gasteiger partial charge on any atom is -0.382 e. The predicted octanol–water partition coefficient (Wildman–Crippen LogP) is 3.20. The van der Waals surface area contributed by atoms with Crippen molar-refractivity contribution in [1.82, 2.24) is 0 Å². The SMILES string of the molecule is C=CCC(C)Nc1ccc(F)cc1. The first-order valence-corrected chi connectivity index (χ1v) is 4.35. The topological polar surface area (TPSA) is 12.0 Å². The van der Waals surface area contributed by atoms with Crippen LogP contribution in [0.5, 0.6) is 0 Å². The van der Waals surface area contributed by atoms with Crippen molar-refractivity contribution < 1.29 is 4.39 Å². The second-order valence-electron chi connectivity index (χ2n) is 3.08. The van der Waals surface area contributed by atoms with E-state index in [9.17, 15) is 4.39 Å². The van der Waals surface area contributed by atoms with Crippen LogP contribution in [0.2, 0.25) is 0 Å². The van der Waals surface area contributed by atoms with E-state index in [0.29, 0.717) is 6.04 Å². The number of hydrogen-bond donors (Lipinski definition) is 1. The molecule has 0 amide bonds. The van der Waals surface area contributed by atoms with Crippen molar-refractivity contribution in [2.45, 2.75) is 19.4 Å². The average Bonchev–Trinajstić information content (AvgIpc) is 2.09. The molecule has 1 atom stereocenters. The van der Waals surface area contributed by atoms with E-state index in [2.05, 4.69) is 18.8 Å². The summed E-state index contributed by atoms with van der Waals surface area (Å²) in [5, 5.41) is 3.23. The fourth-order valence-electron chi connectivity index (χ4n) is 1.14. The molecular weight excluding hydrogens is 165 g/mol. The highest BCUT2D eigenvalue weighted by Gasteiger charge is 1.98. The number of anilines is 1. The molecule has 70 valence electrons. The molecule has 1 rings (SSSR count). The van der Waals surface area contributed by atoms with Crippen LogP contribution in [0.25, 0.3) is 0 Å². The van der Waals surface area contributed by atoms with Crippen LogP contribution in [0.4, 0.5) is 10.1 Å². The highest BCUT2D eigenvalue weighted by molar-refractivity contribution is 5.43. The second kappa shape index (κ2) is 4.65. The van der Waals surface area contributed by atoms with Gasteiger partial charge in [0.2, 0.25) is 0 Å². The average molecular weight is 179 g/mol. The molecule has 1 unspecified atom stereocenters. The Balaban J connectivity index is 2.53. The largest absolute Gasteiger partial charge is 0.382 e. The zero-order valence-electron chi connectivity index (χ0n) is 7.76. The smallest absolute Gasteiger partial charge is 0.123 e. The summed E-state index contributed by atoms with van der Waals surface area (Å²) in [5.41, 5.74) is 0.941. The first-order chi connectivity index (χ1) is 6.22. The number of nitrogens with one attached hydrogen (secondary N) is 1. The van der Waals surface area contributed by atoms with Gasteiger partial charge in [-0.05, 0) is 37.6 Å². The van der Waals surface area contributed by atoms with E-state index < -0.39 is 0 Å². The van der Waals surface area contributed by atoms with Crippen molar-refractivity contribution >= 4 is 5.69 Å². The third-order valence-corrected chi connectivity index (χ3v) is 1.78. The standard InChI is InChI=1S/C11H14FN/c1-3-4-9(2)13-11-7-5-10(12)6-8-11/h3,5-9,13H,1,4H2,2H3. The van der Waals surface area contributed by atoms with Gasteiger partial charge in [0.05, 0.1) is 0 Å². The van der Waals surface area contributed by atoms with Crippen molar-refractivity contribution in [3.63, 3.8) is 0 Å². The van der Waals surface area contributed by atoms with Crippen LogP contribution >= 0.6 is 0 Å². The van der Waals surface area contributed by atoms with Gasteiger partial charge >= 0.3 is 0 Å². The van der Waals surface area contributed by atoms with Crippen molar-refractivity contribution in [3.05, 3.63) is 42.7 Å². The monoisotopic (exact) mass is 179 g/mol. The molecule has 0 aromatic heterocycles. The highest BCUT2D eigenvalue weighted by atomic mass is 19.1. The van der Waals surface area contributed by atoms with E-state index in [1.54, 1.807) is 12.1 Å². The van der Waals surface area contributed by atoms with Gasteiger partial charge in [0.25, 0.3) is 0 Å². The zero-order chi connectivity index (χ0) is 9.68. The maximum atomic E-state index is 12.5. The van der Waals surface area contributed by atoms with E-state index in [0.717, 1.165) is 12.1 Å². The maximum Gasteiger partial charge on any atom is 0.123 e. The number of rotatable bonds is 4. The minimum atomic E-state index is -0.207. The first kappa shape index (κ1) is 9.78. The normalized spacial score (nSPS) is 12.2. The number of benzene rings is 1. The van der Waals surface area contributed by atoms with Crippen LogP contribution in [0, 0.1) is 5.82 Å². The maximum absolute atomic E-state index is 12.5. The fourth-order valence-corrected chi connectivity index (χ4v) is 1.14. The van der Waals surface area contributed by atoms with Crippen molar-refractivity contribution in [3.8, 4) is 0 Å². The quantitative estimate of drug-likeness (QED) is 0.700. The number of halogens is 1. The van der Waals surface area contributed by atoms with Crippen LogP contribution in [0.3, 0.4) is 0 Å². The van der Waals surface area contributed by atoms with E-state index in [-0.39, 0.29) is 5.82 Å². The van der Waals surface area contributed by atoms with Crippen LogP contribution < -0.4 is 5.32 Å². The van der Waals surface area contributed by atoms with E-state index in [1.807, 2.05) is 6.08 Å². The van der Waals surface area contributed by atoms with E-state index in [4.69, 9.17) is 0 Å². The van der Waals surface area contributed by atoms with Gasteiger partial charge in [-0.3, -0.25) is 0 Å². The van der Waals surface area contributed by atoms with Crippen LogP contribution in [0.15, 0.2) is 36.9 Å². The summed E-state index contributed by atoms with van der Waals surface area (Å²) in [6.45, 7) is 5.72. The Labute approximate surface area is 78.3 Å². The van der Waals surface area contributed by atoms with Crippen LogP contribution in [-0.4, -0.2) is 6.04 Å². The molecule has 0 spiro atoms. The zero-order valence-corrected chi connectivity index (χ0v) is 7.76. The third kappa shape index (κ3) is 3.28. The summed E-state index contributed by atoms with van der Waals surface area (Å²) >= 11 is 0. The molecule has 1 aromatic carbocycles. The van der Waals surface area contributed by atoms with Crippen molar-refractivity contribution in [1.29, 1.82) is 0 Å². The fraction of sp³-hybridized carbons (Fsp3) is 0.273.